The van der Waals surface area contributed by atoms with Crippen molar-refractivity contribution in [1.82, 2.24) is 4.90 Å². The molecule has 0 aliphatic carbocycles. The van der Waals surface area contributed by atoms with Gasteiger partial charge in [-0.1, -0.05) is 20.3 Å². The zero-order valence-electron chi connectivity index (χ0n) is 11.3. The van der Waals surface area contributed by atoms with E-state index in [2.05, 4.69) is 0 Å². The molecule has 0 saturated carbocycles. The van der Waals surface area contributed by atoms with Crippen LogP contribution in [0.1, 0.15) is 39.5 Å². The molecule has 0 aromatic heterocycles. The molecule has 1 fully saturated rings. The first kappa shape index (κ1) is 15.0. The monoisotopic (exact) mass is 256 g/mol. The van der Waals surface area contributed by atoms with E-state index in [-0.39, 0.29) is 24.2 Å². The highest BCUT2D eigenvalue weighted by atomic mass is 16.4. The minimum absolute atomic E-state index is 0.0283. The Hall–Kier alpha value is -1.10. The average molecular weight is 256 g/mol. The van der Waals surface area contributed by atoms with Crippen LogP contribution in [0.15, 0.2) is 0 Å². The number of hydrogen-bond acceptors (Lipinski definition) is 3. The van der Waals surface area contributed by atoms with Crippen molar-refractivity contribution in [2.75, 3.05) is 13.1 Å². The molecule has 1 aliphatic rings. The third kappa shape index (κ3) is 3.98. The lowest BCUT2D eigenvalue weighted by atomic mass is 9.92. The molecule has 0 spiro atoms. The molecule has 0 aromatic carbocycles. The fourth-order valence-corrected chi connectivity index (χ4v) is 2.39. The Morgan fingerprint density at radius 2 is 2.17 bits per heavy atom. The molecular formula is C13H24N2O3. The van der Waals surface area contributed by atoms with Crippen molar-refractivity contribution in [3.8, 4) is 0 Å². The zero-order chi connectivity index (χ0) is 13.7. The van der Waals surface area contributed by atoms with E-state index in [9.17, 15) is 9.59 Å². The Morgan fingerprint density at radius 1 is 1.50 bits per heavy atom. The number of carboxylic acid groups (broad SMARTS) is 1. The minimum atomic E-state index is -0.791. The molecule has 3 N–H and O–H groups in total. The number of carboxylic acids is 1. The normalized spacial score (nSPS) is 23.5. The molecule has 0 aromatic rings. The Balaban J connectivity index is 2.55. The molecule has 18 heavy (non-hydrogen) atoms. The van der Waals surface area contributed by atoms with Crippen LogP contribution in [0.25, 0.3) is 0 Å². The molecular weight excluding hydrogens is 232 g/mol. The second-order valence-corrected chi connectivity index (χ2v) is 5.30. The van der Waals surface area contributed by atoms with Gasteiger partial charge in [0.2, 0.25) is 5.91 Å². The maximum absolute atomic E-state index is 12.2. The highest BCUT2D eigenvalue weighted by Crippen LogP contribution is 2.21. The van der Waals surface area contributed by atoms with Gasteiger partial charge in [0.1, 0.15) is 0 Å². The maximum Gasteiger partial charge on any atom is 0.303 e. The molecule has 3 atom stereocenters. The average Bonchev–Trinajstić information content (AvgIpc) is 2.35. The van der Waals surface area contributed by atoms with Gasteiger partial charge in [-0.3, -0.25) is 9.59 Å². The summed E-state index contributed by atoms with van der Waals surface area (Å²) in [7, 11) is 0. The molecule has 1 rings (SSSR count). The molecule has 1 unspecified atom stereocenters. The fourth-order valence-electron chi connectivity index (χ4n) is 2.39. The Morgan fingerprint density at radius 3 is 2.72 bits per heavy atom. The van der Waals surface area contributed by atoms with Crippen LogP contribution in [0.4, 0.5) is 0 Å². The number of carbonyl (C=O) groups excluding carboxylic acids is 1. The van der Waals surface area contributed by atoms with Crippen LogP contribution < -0.4 is 5.73 Å². The van der Waals surface area contributed by atoms with E-state index in [1.54, 1.807) is 4.90 Å². The Bertz CT molecular complexity index is 307. The lowest BCUT2D eigenvalue weighted by molar-refractivity contribution is -0.141. The van der Waals surface area contributed by atoms with Crippen molar-refractivity contribution in [2.45, 2.75) is 45.6 Å². The summed E-state index contributed by atoms with van der Waals surface area (Å²) in [5.41, 5.74) is 5.94. The van der Waals surface area contributed by atoms with Gasteiger partial charge in [0, 0.05) is 19.5 Å². The quantitative estimate of drug-likeness (QED) is 0.770. The van der Waals surface area contributed by atoms with Crippen molar-refractivity contribution in [2.24, 2.45) is 17.6 Å². The highest BCUT2D eigenvalue weighted by Gasteiger charge is 2.29. The molecule has 0 bridgehead atoms. The first-order valence-corrected chi connectivity index (χ1v) is 6.71. The second kappa shape index (κ2) is 6.73. The largest absolute Gasteiger partial charge is 0.481 e. The van der Waals surface area contributed by atoms with E-state index in [1.807, 2.05) is 13.8 Å². The smallest absolute Gasteiger partial charge is 0.303 e. The van der Waals surface area contributed by atoms with Crippen LogP contribution in [0.5, 0.6) is 0 Å². The van der Waals surface area contributed by atoms with Crippen molar-refractivity contribution in [1.29, 1.82) is 0 Å². The highest BCUT2D eigenvalue weighted by molar-refractivity contribution is 5.82. The summed E-state index contributed by atoms with van der Waals surface area (Å²) in [5, 5.41) is 8.80. The number of hydrogen-bond donors (Lipinski definition) is 2. The third-order valence-electron chi connectivity index (χ3n) is 3.84. The van der Waals surface area contributed by atoms with Gasteiger partial charge >= 0.3 is 5.97 Å². The van der Waals surface area contributed by atoms with Gasteiger partial charge in [-0.15, -0.1) is 0 Å². The summed E-state index contributed by atoms with van der Waals surface area (Å²) in [6.07, 6.45) is 2.77. The first-order valence-electron chi connectivity index (χ1n) is 6.71. The second-order valence-electron chi connectivity index (χ2n) is 5.30. The number of piperidine rings is 1. The molecule has 5 heteroatoms. The van der Waals surface area contributed by atoms with Crippen LogP contribution in [0.2, 0.25) is 0 Å². The fraction of sp³-hybridized carbons (Fsp3) is 0.846. The van der Waals surface area contributed by atoms with Gasteiger partial charge in [0.15, 0.2) is 0 Å². The van der Waals surface area contributed by atoms with Crippen molar-refractivity contribution >= 4 is 11.9 Å². The molecule has 0 radical (unpaired) electrons. The van der Waals surface area contributed by atoms with E-state index >= 15 is 0 Å². The Kier molecular flexibility index (Phi) is 5.59. The molecule has 1 aliphatic heterocycles. The Labute approximate surface area is 108 Å². The molecule has 1 heterocycles. The van der Waals surface area contributed by atoms with Gasteiger partial charge < -0.3 is 15.7 Å². The molecule has 5 nitrogen and oxygen atoms in total. The lowest BCUT2D eigenvalue weighted by Gasteiger charge is -2.34. The first-order chi connectivity index (χ1) is 8.45. The summed E-state index contributed by atoms with van der Waals surface area (Å²) < 4.78 is 0. The third-order valence-corrected chi connectivity index (χ3v) is 3.84. The van der Waals surface area contributed by atoms with Gasteiger partial charge in [-0.25, -0.2) is 0 Å². The molecule has 1 amide bonds. The van der Waals surface area contributed by atoms with E-state index < -0.39 is 12.0 Å². The number of nitrogens with two attached hydrogens (primary N) is 1. The number of nitrogens with zero attached hydrogens (tertiary/aromatic N) is 1. The standard InChI is InChI=1S/C13H24N2O3/c1-3-9(2)12(14)13(18)15-6-4-5-10(8-15)7-11(16)17/h9-10,12H,3-8,14H2,1-2H3,(H,16,17)/t9-,10?,12-/m0/s1. The van der Waals surface area contributed by atoms with E-state index in [0.717, 1.165) is 19.3 Å². The van der Waals surface area contributed by atoms with Crippen LogP contribution in [-0.2, 0) is 9.59 Å². The molecule has 104 valence electrons. The number of carbonyl (C=O) groups is 2. The SMILES string of the molecule is CC[C@H](C)[C@H](N)C(=O)N1CCCC(CC(=O)O)C1. The number of amides is 1. The summed E-state index contributed by atoms with van der Waals surface area (Å²) in [6, 6.07) is -0.460. The number of rotatable bonds is 5. The number of likely N-dealkylation sites (tertiary alicyclic amines) is 1. The van der Waals surface area contributed by atoms with Crippen molar-refractivity contribution in [3.05, 3.63) is 0 Å². The van der Waals surface area contributed by atoms with Gasteiger partial charge in [0.05, 0.1) is 6.04 Å². The molecule has 1 saturated heterocycles. The van der Waals surface area contributed by atoms with Gasteiger partial charge in [-0.05, 0) is 24.7 Å². The summed E-state index contributed by atoms with van der Waals surface area (Å²) >= 11 is 0. The summed E-state index contributed by atoms with van der Waals surface area (Å²) in [4.78, 5) is 24.6. The van der Waals surface area contributed by atoms with Crippen LogP contribution in [-0.4, -0.2) is 41.0 Å². The summed E-state index contributed by atoms with van der Waals surface area (Å²) in [5.74, 6) is -0.582. The maximum atomic E-state index is 12.2. The number of aliphatic carboxylic acids is 1. The van der Waals surface area contributed by atoms with Crippen LogP contribution in [0.3, 0.4) is 0 Å². The summed E-state index contributed by atoms with van der Waals surface area (Å²) in [6.45, 7) is 5.23. The minimum Gasteiger partial charge on any atom is -0.481 e. The van der Waals surface area contributed by atoms with Gasteiger partial charge in [0.25, 0.3) is 0 Å². The predicted molar refractivity (Wildman–Crippen MR) is 69.0 cm³/mol. The van der Waals surface area contributed by atoms with Crippen LogP contribution >= 0.6 is 0 Å². The van der Waals surface area contributed by atoms with E-state index in [0.29, 0.717) is 13.1 Å². The van der Waals surface area contributed by atoms with Crippen LogP contribution in [0, 0.1) is 11.8 Å². The zero-order valence-corrected chi connectivity index (χ0v) is 11.3. The van der Waals surface area contributed by atoms with E-state index in [4.69, 9.17) is 10.8 Å². The van der Waals surface area contributed by atoms with Gasteiger partial charge in [-0.2, -0.15) is 0 Å². The lowest BCUT2D eigenvalue weighted by Crippen LogP contribution is -2.50. The predicted octanol–water partition coefficient (Wildman–Crippen LogP) is 1.07. The topological polar surface area (TPSA) is 83.6 Å². The van der Waals surface area contributed by atoms with E-state index in [1.165, 1.54) is 0 Å². The van der Waals surface area contributed by atoms with Crippen molar-refractivity contribution < 1.29 is 14.7 Å². The van der Waals surface area contributed by atoms with Crippen molar-refractivity contribution in [3.63, 3.8) is 0 Å².